The molecule has 0 aliphatic carbocycles. The summed E-state index contributed by atoms with van der Waals surface area (Å²) in [5.41, 5.74) is 4.26. The SMILES string of the molecule is CCN1CCC(Oc2ccc3ncc(-c4cccc(N5CCCC5)c4)n3n2)C1. The number of nitrogens with zero attached hydrogens (tertiary/aromatic N) is 5. The van der Waals surface area contributed by atoms with Crippen molar-refractivity contribution in [2.24, 2.45) is 0 Å². The third-order valence-electron chi connectivity index (χ3n) is 5.91. The zero-order valence-electron chi connectivity index (χ0n) is 16.4. The Hall–Kier alpha value is -2.60. The number of ether oxygens (including phenoxy) is 1. The lowest BCUT2D eigenvalue weighted by Crippen LogP contribution is -2.24. The molecule has 4 heterocycles. The highest BCUT2D eigenvalue weighted by molar-refractivity contribution is 5.68. The van der Waals surface area contributed by atoms with Gasteiger partial charge >= 0.3 is 0 Å². The van der Waals surface area contributed by atoms with Crippen LogP contribution in [0.4, 0.5) is 5.69 Å². The summed E-state index contributed by atoms with van der Waals surface area (Å²) >= 11 is 0. The summed E-state index contributed by atoms with van der Waals surface area (Å²) < 4.78 is 8.08. The van der Waals surface area contributed by atoms with Crippen molar-refractivity contribution in [1.29, 1.82) is 0 Å². The molecular weight excluding hydrogens is 350 g/mol. The molecule has 2 fully saturated rings. The van der Waals surface area contributed by atoms with Crippen molar-refractivity contribution in [3.05, 3.63) is 42.6 Å². The third-order valence-corrected chi connectivity index (χ3v) is 5.91. The molecule has 0 radical (unpaired) electrons. The highest BCUT2D eigenvalue weighted by Crippen LogP contribution is 2.28. The van der Waals surface area contributed by atoms with Crippen LogP contribution in [-0.4, -0.2) is 58.3 Å². The minimum absolute atomic E-state index is 0.218. The van der Waals surface area contributed by atoms with E-state index in [1.54, 1.807) is 0 Å². The first-order valence-corrected chi connectivity index (χ1v) is 10.4. The lowest BCUT2D eigenvalue weighted by Gasteiger charge is -2.18. The van der Waals surface area contributed by atoms with Crippen LogP contribution in [-0.2, 0) is 0 Å². The van der Waals surface area contributed by atoms with Gasteiger partial charge in [0.1, 0.15) is 6.10 Å². The summed E-state index contributed by atoms with van der Waals surface area (Å²) in [5.74, 6) is 0.672. The minimum Gasteiger partial charge on any atom is -0.472 e. The summed E-state index contributed by atoms with van der Waals surface area (Å²) in [4.78, 5) is 9.41. The van der Waals surface area contributed by atoms with Gasteiger partial charge in [0.15, 0.2) is 5.65 Å². The number of hydrogen-bond donors (Lipinski definition) is 0. The van der Waals surface area contributed by atoms with E-state index in [-0.39, 0.29) is 6.10 Å². The van der Waals surface area contributed by atoms with E-state index in [0.29, 0.717) is 5.88 Å². The number of likely N-dealkylation sites (tertiary alicyclic amines) is 1. The average Bonchev–Trinajstić information content (AvgIpc) is 3.48. The Balaban J connectivity index is 1.43. The highest BCUT2D eigenvalue weighted by Gasteiger charge is 2.23. The molecule has 3 aromatic rings. The largest absolute Gasteiger partial charge is 0.472 e. The zero-order valence-corrected chi connectivity index (χ0v) is 16.4. The van der Waals surface area contributed by atoms with Crippen molar-refractivity contribution >= 4 is 11.3 Å². The molecule has 0 N–H and O–H groups in total. The molecule has 6 heteroatoms. The van der Waals surface area contributed by atoms with E-state index in [0.717, 1.165) is 56.0 Å². The predicted octanol–water partition coefficient (Wildman–Crippen LogP) is 3.47. The van der Waals surface area contributed by atoms with Gasteiger partial charge < -0.3 is 9.64 Å². The highest BCUT2D eigenvalue weighted by atomic mass is 16.5. The molecule has 1 unspecified atom stereocenters. The lowest BCUT2D eigenvalue weighted by atomic mass is 10.1. The first-order chi connectivity index (χ1) is 13.8. The number of likely N-dealkylation sites (N-methyl/N-ethyl adjacent to an activating group) is 1. The molecule has 1 atom stereocenters. The van der Waals surface area contributed by atoms with E-state index in [2.05, 4.69) is 46.0 Å². The number of aromatic nitrogens is 3. The smallest absolute Gasteiger partial charge is 0.232 e. The molecule has 0 bridgehead atoms. The Morgan fingerprint density at radius 1 is 1.11 bits per heavy atom. The summed E-state index contributed by atoms with van der Waals surface area (Å²) in [7, 11) is 0. The van der Waals surface area contributed by atoms with Gasteiger partial charge in [0.2, 0.25) is 5.88 Å². The summed E-state index contributed by atoms with van der Waals surface area (Å²) in [5, 5.41) is 4.75. The summed E-state index contributed by atoms with van der Waals surface area (Å²) in [6.07, 6.45) is 5.74. The van der Waals surface area contributed by atoms with Crippen LogP contribution >= 0.6 is 0 Å². The van der Waals surface area contributed by atoms with Crippen LogP contribution in [0.2, 0.25) is 0 Å². The fraction of sp³-hybridized carbons (Fsp3) is 0.455. The summed E-state index contributed by atoms with van der Waals surface area (Å²) in [6.45, 7) is 7.63. The zero-order chi connectivity index (χ0) is 18.9. The van der Waals surface area contributed by atoms with Crippen molar-refractivity contribution in [2.45, 2.75) is 32.3 Å². The molecular formula is C22H27N5O. The van der Waals surface area contributed by atoms with Crippen LogP contribution in [0, 0.1) is 0 Å². The van der Waals surface area contributed by atoms with Gasteiger partial charge in [-0.1, -0.05) is 19.1 Å². The van der Waals surface area contributed by atoms with Gasteiger partial charge in [-0.25, -0.2) is 9.50 Å². The quantitative estimate of drug-likeness (QED) is 0.681. The molecule has 2 aliphatic rings. The van der Waals surface area contributed by atoms with Crippen LogP contribution < -0.4 is 9.64 Å². The maximum Gasteiger partial charge on any atom is 0.232 e. The van der Waals surface area contributed by atoms with Crippen LogP contribution in [0.15, 0.2) is 42.6 Å². The fourth-order valence-corrected chi connectivity index (χ4v) is 4.30. The van der Waals surface area contributed by atoms with Gasteiger partial charge in [-0.2, -0.15) is 0 Å². The van der Waals surface area contributed by atoms with E-state index in [1.165, 1.54) is 18.5 Å². The second-order valence-electron chi connectivity index (χ2n) is 7.75. The molecule has 0 saturated carbocycles. The molecule has 146 valence electrons. The van der Waals surface area contributed by atoms with Gasteiger partial charge in [0.05, 0.1) is 11.9 Å². The molecule has 1 aromatic carbocycles. The van der Waals surface area contributed by atoms with Crippen molar-refractivity contribution in [3.8, 4) is 17.1 Å². The second-order valence-corrected chi connectivity index (χ2v) is 7.75. The van der Waals surface area contributed by atoms with Crippen molar-refractivity contribution in [3.63, 3.8) is 0 Å². The van der Waals surface area contributed by atoms with Gasteiger partial charge in [0.25, 0.3) is 0 Å². The molecule has 0 spiro atoms. The normalized spacial score (nSPS) is 20.3. The van der Waals surface area contributed by atoms with Crippen LogP contribution in [0.5, 0.6) is 5.88 Å². The number of fused-ring (bicyclic) bond motifs is 1. The fourth-order valence-electron chi connectivity index (χ4n) is 4.30. The van der Waals surface area contributed by atoms with Crippen molar-refractivity contribution < 1.29 is 4.74 Å². The number of benzene rings is 1. The standard InChI is InChI=1S/C22H27N5O/c1-2-25-13-10-19(16-25)28-22-9-8-21-23-15-20(27(21)24-22)17-6-5-7-18(14-17)26-11-3-4-12-26/h5-9,14-15,19H,2-4,10-13,16H2,1H3. The number of rotatable bonds is 5. The Labute approximate surface area is 165 Å². The average molecular weight is 377 g/mol. The Morgan fingerprint density at radius 3 is 2.82 bits per heavy atom. The van der Waals surface area contributed by atoms with Crippen LogP contribution in [0.3, 0.4) is 0 Å². The van der Waals surface area contributed by atoms with E-state index in [4.69, 9.17) is 9.84 Å². The van der Waals surface area contributed by atoms with Crippen LogP contribution in [0.25, 0.3) is 16.9 Å². The van der Waals surface area contributed by atoms with Gasteiger partial charge in [-0.15, -0.1) is 5.10 Å². The Morgan fingerprint density at radius 2 is 2.00 bits per heavy atom. The predicted molar refractivity (Wildman–Crippen MR) is 111 cm³/mol. The molecule has 2 aliphatic heterocycles. The van der Waals surface area contributed by atoms with Crippen LogP contribution in [0.1, 0.15) is 26.2 Å². The van der Waals surface area contributed by atoms with Crippen molar-refractivity contribution in [1.82, 2.24) is 19.5 Å². The van der Waals surface area contributed by atoms with E-state index in [9.17, 15) is 0 Å². The van der Waals surface area contributed by atoms with E-state index < -0.39 is 0 Å². The van der Waals surface area contributed by atoms with Gasteiger partial charge in [-0.3, -0.25) is 4.90 Å². The number of anilines is 1. The summed E-state index contributed by atoms with van der Waals surface area (Å²) in [6, 6.07) is 12.6. The number of imidazole rings is 1. The minimum atomic E-state index is 0.218. The number of hydrogen-bond acceptors (Lipinski definition) is 5. The monoisotopic (exact) mass is 377 g/mol. The Kier molecular flexibility index (Phi) is 4.64. The maximum absolute atomic E-state index is 6.17. The molecule has 2 saturated heterocycles. The first-order valence-electron chi connectivity index (χ1n) is 10.4. The maximum atomic E-state index is 6.17. The van der Waals surface area contributed by atoms with Gasteiger partial charge in [-0.05, 0) is 44.0 Å². The van der Waals surface area contributed by atoms with E-state index in [1.807, 2.05) is 22.8 Å². The second kappa shape index (κ2) is 7.43. The molecule has 2 aromatic heterocycles. The molecule has 6 nitrogen and oxygen atoms in total. The topological polar surface area (TPSA) is 45.9 Å². The lowest BCUT2D eigenvalue weighted by molar-refractivity contribution is 0.192. The van der Waals surface area contributed by atoms with Gasteiger partial charge in [0, 0.05) is 43.5 Å². The van der Waals surface area contributed by atoms with Crippen molar-refractivity contribution in [2.75, 3.05) is 37.6 Å². The Bertz CT molecular complexity index is 962. The first kappa shape index (κ1) is 17.5. The molecule has 28 heavy (non-hydrogen) atoms. The third kappa shape index (κ3) is 3.33. The van der Waals surface area contributed by atoms with E-state index >= 15 is 0 Å². The molecule has 5 rings (SSSR count). The molecule has 0 amide bonds.